The molecule has 2 heterocycles. The lowest BCUT2D eigenvalue weighted by atomic mass is 10.1. The SMILES string of the molecule is [C-]#[N+]/C(C#N)=c1\cc2c(F)c(F)/c(=c3/c(F)c(F)c4c/c(=C(\C)C#N)oc4c3F)c(F)c2o1. The highest BCUT2D eigenvalue weighted by molar-refractivity contribution is 5.82. The van der Waals surface area contributed by atoms with Crippen molar-refractivity contribution in [3.8, 4) is 12.1 Å². The summed E-state index contributed by atoms with van der Waals surface area (Å²) in [4.78, 5) is 2.80. The van der Waals surface area contributed by atoms with E-state index in [-0.39, 0.29) is 11.0 Å². The molecule has 0 unspecified atom stereocenters. The van der Waals surface area contributed by atoms with E-state index >= 15 is 8.78 Å². The van der Waals surface area contributed by atoms with Crippen LogP contribution in [0.25, 0.3) is 38.1 Å². The van der Waals surface area contributed by atoms with Gasteiger partial charge in [-0.2, -0.15) is 5.26 Å². The van der Waals surface area contributed by atoms with Gasteiger partial charge < -0.3 is 8.83 Å². The van der Waals surface area contributed by atoms with Crippen LogP contribution in [0.5, 0.6) is 0 Å². The fraction of sp³-hybridized carbons (Fsp3) is 0.0455. The van der Waals surface area contributed by atoms with Crippen LogP contribution in [0.15, 0.2) is 21.0 Å². The first kappa shape index (κ1) is 21.5. The molecular formula is C22H5F6N3O2. The summed E-state index contributed by atoms with van der Waals surface area (Å²) in [7, 11) is 0. The number of benzene rings is 2. The number of furan rings is 2. The van der Waals surface area contributed by atoms with Gasteiger partial charge in [-0.3, -0.25) is 0 Å². The zero-order chi connectivity index (χ0) is 24.2. The number of rotatable bonds is 0. The molecule has 4 rings (SSSR count). The molecule has 2 aromatic carbocycles. The predicted molar refractivity (Wildman–Crippen MR) is 99.4 cm³/mol. The summed E-state index contributed by atoms with van der Waals surface area (Å²) in [6, 6.07) is 4.58. The molecule has 0 saturated heterocycles. The fourth-order valence-corrected chi connectivity index (χ4v) is 3.24. The minimum absolute atomic E-state index is 0.121. The molecule has 0 N–H and O–H groups in total. The number of fused-ring (bicyclic) bond motifs is 2. The third-order valence-electron chi connectivity index (χ3n) is 4.84. The van der Waals surface area contributed by atoms with E-state index in [2.05, 4.69) is 4.85 Å². The van der Waals surface area contributed by atoms with Gasteiger partial charge in [0, 0.05) is 0 Å². The quantitative estimate of drug-likeness (QED) is 0.221. The Morgan fingerprint density at radius 1 is 0.758 bits per heavy atom. The van der Waals surface area contributed by atoms with Crippen molar-refractivity contribution in [3.05, 3.63) is 79.7 Å². The van der Waals surface area contributed by atoms with Crippen molar-refractivity contribution in [2.24, 2.45) is 0 Å². The molecule has 0 aliphatic rings. The molecule has 5 nitrogen and oxygen atoms in total. The summed E-state index contributed by atoms with van der Waals surface area (Å²) in [5, 5.41) is 13.0. The average Bonchev–Trinajstić information content (AvgIpc) is 3.45. The van der Waals surface area contributed by atoms with Gasteiger partial charge in [0.2, 0.25) is 0 Å². The van der Waals surface area contributed by atoms with Crippen LogP contribution in [0.1, 0.15) is 6.92 Å². The van der Waals surface area contributed by atoms with E-state index in [4.69, 9.17) is 25.9 Å². The topological polar surface area (TPSA) is 78.2 Å². The lowest BCUT2D eigenvalue weighted by molar-refractivity contribution is 0.466. The van der Waals surface area contributed by atoms with Crippen molar-refractivity contribution in [2.45, 2.75) is 6.92 Å². The molecular weight excluding hydrogens is 452 g/mol. The van der Waals surface area contributed by atoms with Gasteiger partial charge >= 0.3 is 5.70 Å². The molecule has 0 aliphatic carbocycles. The minimum Gasteiger partial charge on any atom is -0.464 e. The first-order valence-electron chi connectivity index (χ1n) is 8.75. The highest BCUT2D eigenvalue weighted by Gasteiger charge is 2.26. The van der Waals surface area contributed by atoms with Crippen molar-refractivity contribution in [1.82, 2.24) is 0 Å². The highest BCUT2D eigenvalue weighted by Crippen LogP contribution is 2.30. The van der Waals surface area contributed by atoms with Crippen molar-refractivity contribution in [1.29, 1.82) is 10.5 Å². The van der Waals surface area contributed by atoms with Crippen LogP contribution in [-0.2, 0) is 0 Å². The molecule has 2 aromatic heterocycles. The lowest BCUT2D eigenvalue weighted by Gasteiger charge is -2.03. The second kappa shape index (κ2) is 7.47. The largest absolute Gasteiger partial charge is 0.464 e. The Morgan fingerprint density at radius 2 is 1.21 bits per heavy atom. The van der Waals surface area contributed by atoms with Gasteiger partial charge in [0.05, 0.1) is 45.5 Å². The Morgan fingerprint density at radius 3 is 1.64 bits per heavy atom. The summed E-state index contributed by atoms with van der Waals surface area (Å²) >= 11 is 0. The molecule has 0 atom stereocenters. The van der Waals surface area contributed by atoms with E-state index in [1.165, 1.54) is 13.0 Å². The fourth-order valence-electron chi connectivity index (χ4n) is 3.24. The zero-order valence-electron chi connectivity index (χ0n) is 16.1. The van der Waals surface area contributed by atoms with Crippen LogP contribution in [0.2, 0.25) is 0 Å². The van der Waals surface area contributed by atoms with Crippen molar-refractivity contribution in [2.75, 3.05) is 0 Å². The monoisotopic (exact) mass is 457 g/mol. The third kappa shape index (κ3) is 2.93. The molecule has 162 valence electrons. The van der Waals surface area contributed by atoms with E-state index in [9.17, 15) is 17.6 Å². The number of nitriles is 2. The van der Waals surface area contributed by atoms with Crippen molar-refractivity contribution < 1.29 is 35.2 Å². The molecule has 4 aromatic rings. The van der Waals surface area contributed by atoms with E-state index < -0.39 is 78.4 Å². The Hall–Kier alpha value is -4.69. The summed E-state index contributed by atoms with van der Waals surface area (Å²) in [5.41, 5.74) is -3.78. The smallest absolute Gasteiger partial charge is 0.303 e. The first-order chi connectivity index (χ1) is 15.7. The normalized spacial score (nSPS) is 14.1. The highest BCUT2D eigenvalue weighted by atomic mass is 19.2. The van der Waals surface area contributed by atoms with Gasteiger partial charge in [0.15, 0.2) is 46.1 Å². The molecule has 0 amide bonds. The predicted octanol–water partition coefficient (Wildman–Crippen LogP) is 4.55. The maximum atomic E-state index is 15.2. The maximum Gasteiger partial charge on any atom is 0.303 e. The van der Waals surface area contributed by atoms with E-state index in [0.717, 1.165) is 6.07 Å². The second-order valence-corrected chi connectivity index (χ2v) is 6.65. The molecule has 0 radical (unpaired) electrons. The molecule has 0 fully saturated rings. The first-order valence-corrected chi connectivity index (χ1v) is 8.75. The average molecular weight is 457 g/mol. The van der Waals surface area contributed by atoms with Crippen molar-refractivity contribution in [3.63, 3.8) is 0 Å². The maximum absolute atomic E-state index is 15.2. The summed E-state index contributed by atoms with van der Waals surface area (Å²) < 4.78 is 99.2. The van der Waals surface area contributed by atoms with Crippen LogP contribution in [-0.4, -0.2) is 0 Å². The van der Waals surface area contributed by atoms with Crippen LogP contribution in [0, 0.1) is 74.6 Å². The molecule has 0 spiro atoms. The molecule has 33 heavy (non-hydrogen) atoms. The van der Waals surface area contributed by atoms with Crippen LogP contribution in [0.3, 0.4) is 0 Å². The Kier molecular flexibility index (Phi) is 4.87. The van der Waals surface area contributed by atoms with Gasteiger partial charge in [-0.1, -0.05) is 0 Å². The summed E-state index contributed by atoms with van der Waals surface area (Å²) in [5.74, 6) is -11.2. The van der Waals surface area contributed by atoms with E-state index in [1.807, 2.05) is 0 Å². The van der Waals surface area contributed by atoms with Gasteiger partial charge in [0.25, 0.3) is 0 Å². The van der Waals surface area contributed by atoms with Crippen LogP contribution in [0.4, 0.5) is 26.3 Å². The zero-order valence-corrected chi connectivity index (χ0v) is 16.1. The van der Waals surface area contributed by atoms with E-state index in [0.29, 0.717) is 6.07 Å². The standard InChI is InChI=1S/C22H5F6N3O2/c1-7(5-29)11-3-8-15(23)17(25)13(19(27)21(8)32-11)14-18(26)16(24)9-4-12(10(6-30)31-2)33-22(9)20(14)28/h3-4H,1H3/b11-7-,12-10+,14-13+. The van der Waals surface area contributed by atoms with Gasteiger partial charge in [-0.05, 0) is 19.1 Å². The lowest BCUT2D eigenvalue weighted by Crippen LogP contribution is -2.00. The Balaban J connectivity index is 2.37. The Bertz CT molecular complexity index is 1870. The van der Waals surface area contributed by atoms with Crippen LogP contribution < -0.4 is 10.8 Å². The van der Waals surface area contributed by atoms with E-state index in [1.54, 1.807) is 6.07 Å². The third-order valence-corrected chi connectivity index (χ3v) is 4.84. The molecule has 0 bridgehead atoms. The minimum atomic E-state index is -2.07. The number of hydrogen-bond acceptors (Lipinski definition) is 4. The number of halogens is 6. The molecule has 0 aliphatic heterocycles. The molecule has 0 saturated carbocycles. The van der Waals surface area contributed by atoms with Gasteiger partial charge in [-0.25, -0.2) is 36.4 Å². The number of nitrogens with zero attached hydrogens (tertiary/aromatic N) is 3. The summed E-state index contributed by atoms with van der Waals surface area (Å²) in [6.45, 7) is 8.12. The Labute approximate surface area is 178 Å². The van der Waals surface area contributed by atoms with Crippen LogP contribution >= 0.6 is 0 Å². The second-order valence-electron chi connectivity index (χ2n) is 6.65. The van der Waals surface area contributed by atoms with Gasteiger partial charge in [0.1, 0.15) is 10.8 Å². The molecule has 11 heteroatoms. The summed E-state index contributed by atoms with van der Waals surface area (Å²) in [6.07, 6.45) is 0. The van der Waals surface area contributed by atoms with Gasteiger partial charge in [-0.15, -0.1) is 0 Å². The number of hydrogen-bond donors (Lipinski definition) is 0. The van der Waals surface area contributed by atoms with Crippen molar-refractivity contribution >= 4 is 33.2 Å².